The predicted molar refractivity (Wildman–Crippen MR) is 45.6 cm³/mol. The number of nitrogens with zero attached hydrogens (tertiary/aromatic N) is 2. The number of hydrogen-bond acceptors (Lipinski definition) is 3. The van der Waals surface area contributed by atoms with E-state index in [1.165, 1.54) is 0 Å². The highest BCUT2D eigenvalue weighted by atomic mass is 19.4. The van der Waals surface area contributed by atoms with E-state index in [0.29, 0.717) is 4.90 Å². The summed E-state index contributed by atoms with van der Waals surface area (Å²) in [5.74, 6) is -2.43. The maximum absolute atomic E-state index is 12.5. The molecule has 0 fully saturated rings. The van der Waals surface area contributed by atoms with Crippen molar-refractivity contribution in [2.45, 2.75) is 6.18 Å². The number of carbonyl (C=O) groups excluding carboxylic acids is 2. The summed E-state index contributed by atoms with van der Waals surface area (Å²) in [6.45, 7) is 2.95. The highest BCUT2D eigenvalue weighted by Crippen LogP contribution is 2.36. The van der Waals surface area contributed by atoms with Gasteiger partial charge in [0.2, 0.25) is 0 Å². The van der Waals surface area contributed by atoms with E-state index >= 15 is 0 Å². The molecule has 1 rings (SSSR count). The Morgan fingerprint density at radius 2 is 1.81 bits per heavy atom. The maximum Gasteiger partial charge on any atom is 0.418 e. The van der Waals surface area contributed by atoms with Crippen molar-refractivity contribution in [1.82, 2.24) is 4.90 Å². The topological polar surface area (TPSA) is 61.2 Å². The van der Waals surface area contributed by atoms with Crippen molar-refractivity contribution in [2.24, 2.45) is 0 Å². The number of imide groups is 1. The van der Waals surface area contributed by atoms with Crippen LogP contribution in [0.5, 0.6) is 0 Å². The van der Waals surface area contributed by atoms with Gasteiger partial charge in [0.25, 0.3) is 11.8 Å². The van der Waals surface area contributed by atoms with Crippen molar-refractivity contribution in [3.05, 3.63) is 23.3 Å². The zero-order chi connectivity index (χ0) is 12.7. The van der Waals surface area contributed by atoms with E-state index in [0.717, 1.165) is 13.1 Å². The fourth-order valence-corrected chi connectivity index (χ4v) is 1.24. The van der Waals surface area contributed by atoms with Crippen LogP contribution in [0, 0.1) is 11.3 Å². The summed E-state index contributed by atoms with van der Waals surface area (Å²) in [6.07, 6.45) is -4.95. The number of amides is 2. The Kier molecular flexibility index (Phi) is 2.61. The first-order valence-corrected chi connectivity index (χ1v) is 3.95. The number of nitriles is 1. The summed E-state index contributed by atoms with van der Waals surface area (Å²) in [6, 6.07) is 1.15. The molecule has 0 aromatic heterocycles. The Bertz CT molecular complexity index is 468. The van der Waals surface area contributed by atoms with E-state index in [4.69, 9.17) is 5.26 Å². The molecule has 0 aliphatic carbocycles. The van der Waals surface area contributed by atoms with Crippen molar-refractivity contribution in [2.75, 3.05) is 7.05 Å². The second-order valence-electron chi connectivity index (χ2n) is 3.01. The summed E-state index contributed by atoms with van der Waals surface area (Å²) in [7, 11) is 0.986. The van der Waals surface area contributed by atoms with Gasteiger partial charge in [0, 0.05) is 12.6 Å². The standard InChI is InChI=1S/C9H5F3N2O2/c1-4-6(9(10,11)12)5(3-13)8(16)14(2)7(4)15/h1H2,2H3. The van der Waals surface area contributed by atoms with Gasteiger partial charge in [-0.25, -0.2) is 0 Å². The quantitative estimate of drug-likeness (QED) is 0.459. The van der Waals surface area contributed by atoms with E-state index in [1.807, 2.05) is 0 Å². The summed E-state index contributed by atoms with van der Waals surface area (Å²) < 4.78 is 37.5. The minimum Gasteiger partial charge on any atom is -0.277 e. The van der Waals surface area contributed by atoms with Crippen LogP contribution in [0.4, 0.5) is 13.2 Å². The molecule has 0 radical (unpaired) electrons. The minimum atomic E-state index is -4.95. The number of alkyl halides is 3. The Morgan fingerprint density at radius 1 is 1.31 bits per heavy atom. The summed E-state index contributed by atoms with van der Waals surface area (Å²) in [4.78, 5) is 22.9. The lowest BCUT2D eigenvalue weighted by Gasteiger charge is -2.25. The molecule has 0 N–H and O–H groups in total. The first-order valence-electron chi connectivity index (χ1n) is 3.95. The van der Waals surface area contributed by atoms with Gasteiger partial charge in [-0.2, -0.15) is 18.4 Å². The van der Waals surface area contributed by atoms with Crippen molar-refractivity contribution >= 4 is 11.8 Å². The predicted octanol–water partition coefficient (Wildman–Crippen LogP) is 0.924. The normalized spacial score (nSPS) is 17.9. The Labute approximate surface area is 88.2 Å². The fourth-order valence-electron chi connectivity index (χ4n) is 1.24. The van der Waals surface area contributed by atoms with E-state index < -0.39 is 34.7 Å². The molecule has 2 amide bonds. The Balaban J connectivity index is 3.56. The fraction of sp³-hybridized carbons (Fsp3) is 0.222. The van der Waals surface area contributed by atoms with Crippen LogP contribution in [-0.4, -0.2) is 29.9 Å². The molecule has 0 saturated heterocycles. The molecule has 84 valence electrons. The molecule has 4 nitrogen and oxygen atoms in total. The number of likely N-dealkylation sites (N-methyl/N-ethyl adjacent to an activating group) is 1. The highest BCUT2D eigenvalue weighted by Gasteiger charge is 2.46. The lowest BCUT2D eigenvalue weighted by Crippen LogP contribution is -2.42. The van der Waals surface area contributed by atoms with Crippen LogP contribution in [0.15, 0.2) is 23.3 Å². The molecule has 7 heteroatoms. The number of rotatable bonds is 0. The highest BCUT2D eigenvalue weighted by molar-refractivity contribution is 6.18. The van der Waals surface area contributed by atoms with E-state index in [9.17, 15) is 22.8 Å². The van der Waals surface area contributed by atoms with E-state index in [1.54, 1.807) is 0 Å². The molecular formula is C9H5F3N2O2. The molecule has 0 aromatic carbocycles. The minimum absolute atomic E-state index is 0.427. The molecule has 0 saturated carbocycles. The SMILES string of the molecule is C=C1C(=O)N(C)C(=O)C(C#N)=C1C(F)(F)F. The molecule has 16 heavy (non-hydrogen) atoms. The molecule has 1 aliphatic heterocycles. The lowest BCUT2D eigenvalue weighted by atomic mass is 9.95. The Morgan fingerprint density at radius 3 is 2.19 bits per heavy atom. The number of hydrogen-bond donors (Lipinski definition) is 0. The zero-order valence-corrected chi connectivity index (χ0v) is 8.05. The van der Waals surface area contributed by atoms with Crippen molar-refractivity contribution in [3.8, 4) is 6.07 Å². The van der Waals surface area contributed by atoms with Crippen LogP contribution in [0.2, 0.25) is 0 Å². The van der Waals surface area contributed by atoms with Crippen molar-refractivity contribution in [1.29, 1.82) is 5.26 Å². The molecule has 0 unspecified atom stereocenters. The smallest absolute Gasteiger partial charge is 0.277 e. The van der Waals surface area contributed by atoms with Gasteiger partial charge in [-0.05, 0) is 0 Å². The number of halogens is 3. The third-order valence-electron chi connectivity index (χ3n) is 2.03. The Hall–Kier alpha value is -2.10. The third-order valence-corrected chi connectivity index (χ3v) is 2.03. The van der Waals surface area contributed by atoms with Gasteiger partial charge in [-0.3, -0.25) is 14.5 Å². The maximum atomic E-state index is 12.5. The van der Waals surface area contributed by atoms with Gasteiger partial charge >= 0.3 is 6.18 Å². The number of carbonyl (C=O) groups is 2. The van der Waals surface area contributed by atoms with Crippen LogP contribution >= 0.6 is 0 Å². The first kappa shape index (κ1) is 12.0. The second-order valence-corrected chi connectivity index (χ2v) is 3.01. The van der Waals surface area contributed by atoms with E-state index in [-0.39, 0.29) is 0 Å². The third kappa shape index (κ3) is 1.58. The molecule has 0 bridgehead atoms. The van der Waals surface area contributed by atoms with Gasteiger partial charge in [0.15, 0.2) is 0 Å². The van der Waals surface area contributed by atoms with Gasteiger partial charge in [0.05, 0.1) is 5.57 Å². The van der Waals surface area contributed by atoms with Gasteiger partial charge in [-0.15, -0.1) is 0 Å². The molecule has 1 heterocycles. The van der Waals surface area contributed by atoms with Crippen LogP contribution in [-0.2, 0) is 9.59 Å². The van der Waals surface area contributed by atoms with Crippen LogP contribution in [0.3, 0.4) is 0 Å². The van der Waals surface area contributed by atoms with Crippen molar-refractivity contribution in [3.63, 3.8) is 0 Å². The average molecular weight is 230 g/mol. The summed E-state index contributed by atoms with van der Waals surface area (Å²) in [5.41, 5.74) is -3.56. The first-order chi connectivity index (χ1) is 7.21. The van der Waals surface area contributed by atoms with E-state index in [2.05, 4.69) is 6.58 Å². The van der Waals surface area contributed by atoms with Crippen LogP contribution in [0.1, 0.15) is 0 Å². The summed E-state index contributed by atoms with van der Waals surface area (Å²) in [5, 5.41) is 8.51. The van der Waals surface area contributed by atoms with Gasteiger partial charge in [-0.1, -0.05) is 6.58 Å². The average Bonchev–Trinajstić information content (AvgIpc) is 2.18. The van der Waals surface area contributed by atoms with Gasteiger partial charge < -0.3 is 0 Å². The molecule has 0 aromatic rings. The monoisotopic (exact) mass is 230 g/mol. The zero-order valence-electron chi connectivity index (χ0n) is 8.05. The lowest BCUT2D eigenvalue weighted by molar-refractivity contribution is -0.141. The van der Waals surface area contributed by atoms with Gasteiger partial charge in [0.1, 0.15) is 11.6 Å². The van der Waals surface area contributed by atoms with Crippen molar-refractivity contribution < 1.29 is 22.8 Å². The molecule has 1 aliphatic rings. The molecule has 0 atom stereocenters. The second kappa shape index (κ2) is 3.48. The van der Waals surface area contributed by atoms with Crippen LogP contribution < -0.4 is 0 Å². The summed E-state index contributed by atoms with van der Waals surface area (Å²) >= 11 is 0. The molecule has 0 spiro atoms. The largest absolute Gasteiger partial charge is 0.418 e. The molecular weight excluding hydrogens is 225 g/mol. The van der Waals surface area contributed by atoms with Crippen LogP contribution in [0.25, 0.3) is 0 Å².